The number of nitrogens with zero attached hydrogens (tertiary/aromatic N) is 1. The quantitative estimate of drug-likeness (QED) is 0.466. The first-order valence-corrected chi connectivity index (χ1v) is 7.93. The summed E-state index contributed by atoms with van der Waals surface area (Å²) in [5.74, 6) is -6.32. The van der Waals surface area contributed by atoms with Gasteiger partial charge in [0, 0.05) is 18.7 Å². The molecule has 9 heteroatoms. The number of amides is 2. The van der Waals surface area contributed by atoms with Gasteiger partial charge in [-0.05, 0) is 18.8 Å². The van der Waals surface area contributed by atoms with E-state index in [4.69, 9.17) is 15.3 Å². The van der Waals surface area contributed by atoms with Gasteiger partial charge in [0.1, 0.15) is 0 Å². The standard InChI is InChI=1S/C11H15NO2.C5H6O6/c13-10-6-7-11(14)12(10)8-9-4-2-1-3-5-9;6-3(7)1-2(4(8)9)5(10)11/h6-7,9H,1-5,8H2;2H,1H2,(H,6,7)(H,8,9)(H,10,11). The number of carboxylic acid groups (broad SMARTS) is 3. The fourth-order valence-corrected chi connectivity index (χ4v) is 2.69. The van der Waals surface area contributed by atoms with Crippen LogP contribution in [0.15, 0.2) is 12.2 Å². The van der Waals surface area contributed by atoms with E-state index < -0.39 is 30.2 Å². The Morgan fingerprint density at radius 3 is 1.80 bits per heavy atom. The second-order valence-corrected chi connectivity index (χ2v) is 5.95. The number of carboxylic acids is 3. The van der Waals surface area contributed by atoms with Crippen molar-refractivity contribution < 1.29 is 39.3 Å². The molecule has 0 bridgehead atoms. The summed E-state index contributed by atoms with van der Waals surface area (Å²) in [7, 11) is 0. The van der Waals surface area contributed by atoms with Crippen LogP contribution in [0.5, 0.6) is 0 Å². The molecule has 9 nitrogen and oxygen atoms in total. The first-order chi connectivity index (χ1) is 11.7. The normalized spacial score (nSPS) is 17.4. The summed E-state index contributed by atoms with van der Waals surface area (Å²) < 4.78 is 0. The predicted octanol–water partition coefficient (Wildman–Crippen LogP) is 0.738. The van der Waals surface area contributed by atoms with Crippen LogP contribution in [0.1, 0.15) is 38.5 Å². The Kier molecular flexibility index (Phi) is 7.77. The van der Waals surface area contributed by atoms with Gasteiger partial charge in [0.15, 0.2) is 5.92 Å². The van der Waals surface area contributed by atoms with Crippen LogP contribution < -0.4 is 0 Å². The molecule has 25 heavy (non-hydrogen) atoms. The van der Waals surface area contributed by atoms with Crippen molar-refractivity contribution in [2.75, 3.05) is 6.54 Å². The van der Waals surface area contributed by atoms with Gasteiger partial charge in [0.2, 0.25) is 0 Å². The highest BCUT2D eigenvalue weighted by Gasteiger charge is 2.28. The average molecular weight is 355 g/mol. The van der Waals surface area contributed by atoms with Crippen LogP contribution in [0, 0.1) is 11.8 Å². The highest BCUT2D eigenvalue weighted by atomic mass is 16.4. The van der Waals surface area contributed by atoms with E-state index in [1.54, 1.807) is 0 Å². The Morgan fingerprint density at radius 2 is 1.44 bits per heavy atom. The van der Waals surface area contributed by atoms with E-state index in [9.17, 15) is 24.0 Å². The van der Waals surface area contributed by atoms with Crippen LogP contribution >= 0.6 is 0 Å². The zero-order valence-corrected chi connectivity index (χ0v) is 13.6. The molecule has 0 unspecified atom stereocenters. The number of hydrogen-bond acceptors (Lipinski definition) is 5. The molecule has 0 aromatic heterocycles. The lowest BCUT2D eigenvalue weighted by atomic mass is 9.89. The minimum absolute atomic E-state index is 0.138. The summed E-state index contributed by atoms with van der Waals surface area (Å²) in [5.41, 5.74) is 0. The Balaban J connectivity index is 0.000000260. The van der Waals surface area contributed by atoms with E-state index in [0.29, 0.717) is 12.5 Å². The molecule has 0 saturated heterocycles. The van der Waals surface area contributed by atoms with Crippen molar-refractivity contribution in [1.29, 1.82) is 0 Å². The smallest absolute Gasteiger partial charge is 0.318 e. The maximum atomic E-state index is 11.3. The molecule has 1 heterocycles. The van der Waals surface area contributed by atoms with Crippen molar-refractivity contribution in [2.24, 2.45) is 11.8 Å². The maximum Gasteiger partial charge on any atom is 0.318 e. The van der Waals surface area contributed by atoms with Crippen molar-refractivity contribution in [3.8, 4) is 0 Å². The van der Waals surface area contributed by atoms with Crippen molar-refractivity contribution in [3.05, 3.63) is 12.2 Å². The van der Waals surface area contributed by atoms with Crippen LogP contribution in [0.2, 0.25) is 0 Å². The van der Waals surface area contributed by atoms with Crippen molar-refractivity contribution in [3.63, 3.8) is 0 Å². The van der Waals surface area contributed by atoms with Gasteiger partial charge in [-0.3, -0.25) is 28.9 Å². The molecule has 3 N–H and O–H groups in total. The molecular formula is C16H21NO8. The largest absolute Gasteiger partial charge is 0.481 e. The molecule has 138 valence electrons. The van der Waals surface area contributed by atoms with Crippen LogP contribution in [0.4, 0.5) is 0 Å². The lowest BCUT2D eigenvalue weighted by Crippen LogP contribution is -2.35. The molecule has 2 amide bonds. The number of hydrogen-bond donors (Lipinski definition) is 3. The lowest BCUT2D eigenvalue weighted by Gasteiger charge is -2.25. The summed E-state index contributed by atoms with van der Waals surface area (Å²) >= 11 is 0. The van der Waals surface area contributed by atoms with Gasteiger partial charge in [-0.2, -0.15) is 0 Å². The Bertz CT molecular complexity index is 545. The molecule has 0 radical (unpaired) electrons. The molecule has 1 aliphatic heterocycles. The number of carbonyl (C=O) groups is 5. The molecule has 1 saturated carbocycles. The maximum absolute atomic E-state index is 11.3. The summed E-state index contributed by atoms with van der Waals surface area (Å²) in [6.45, 7) is 0.630. The number of imide groups is 1. The predicted molar refractivity (Wildman–Crippen MR) is 83.4 cm³/mol. The minimum Gasteiger partial charge on any atom is -0.481 e. The highest BCUT2D eigenvalue weighted by molar-refractivity contribution is 6.12. The number of rotatable bonds is 6. The van der Waals surface area contributed by atoms with Gasteiger partial charge in [0.25, 0.3) is 11.8 Å². The first kappa shape index (κ1) is 20.3. The fourth-order valence-electron chi connectivity index (χ4n) is 2.69. The average Bonchev–Trinajstić information content (AvgIpc) is 2.85. The van der Waals surface area contributed by atoms with E-state index in [0.717, 1.165) is 12.8 Å². The molecule has 0 atom stereocenters. The van der Waals surface area contributed by atoms with Crippen LogP contribution in [0.25, 0.3) is 0 Å². The number of aliphatic carboxylic acids is 3. The van der Waals surface area contributed by atoms with Gasteiger partial charge >= 0.3 is 17.9 Å². The fraction of sp³-hybridized carbons (Fsp3) is 0.562. The second-order valence-electron chi connectivity index (χ2n) is 5.95. The Labute approximate surface area is 143 Å². The summed E-state index contributed by atoms with van der Waals surface area (Å²) in [4.78, 5) is 53.9. The molecule has 0 aromatic rings. The summed E-state index contributed by atoms with van der Waals surface area (Å²) in [5, 5.41) is 24.4. The van der Waals surface area contributed by atoms with E-state index in [-0.39, 0.29) is 11.8 Å². The molecular weight excluding hydrogens is 334 g/mol. The van der Waals surface area contributed by atoms with E-state index >= 15 is 0 Å². The zero-order chi connectivity index (χ0) is 19.0. The zero-order valence-electron chi connectivity index (χ0n) is 13.6. The third-order valence-electron chi connectivity index (χ3n) is 4.04. The van der Waals surface area contributed by atoms with Crippen molar-refractivity contribution in [1.82, 2.24) is 4.90 Å². The molecule has 0 aromatic carbocycles. The monoisotopic (exact) mass is 355 g/mol. The highest BCUT2D eigenvalue weighted by Crippen LogP contribution is 2.25. The molecule has 2 aliphatic rings. The summed E-state index contributed by atoms with van der Waals surface area (Å²) in [6, 6.07) is 0. The first-order valence-electron chi connectivity index (χ1n) is 7.93. The summed E-state index contributed by atoms with van der Waals surface area (Å²) in [6.07, 6.45) is 7.95. The van der Waals surface area contributed by atoms with Gasteiger partial charge in [-0.1, -0.05) is 19.3 Å². The molecule has 0 spiro atoms. The van der Waals surface area contributed by atoms with Gasteiger partial charge in [0.05, 0.1) is 6.42 Å². The van der Waals surface area contributed by atoms with Crippen LogP contribution in [0.3, 0.4) is 0 Å². The molecule has 1 aliphatic carbocycles. The van der Waals surface area contributed by atoms with E-state index in [2.05, 4.69) is 0 Å². The van der Waals surface area contributed by atoms with Crippen molar-refractivity contribution >= 4 is 29.7 Å². The minimum atomic E-state index is -1.85. The van der Waals surface area contributed by atoms with Gasteiger partial charge in [-0.15, -0.1) is 0 Å². The molecule has 1 fully saturated rings. The van der Waals surface area contributed by atoms with Crippen LogP contribution in [-0.4, -0.2) is 56.5 Å². The topological polar surface area (TPSA) is 149 Å². The van der Waals surface area contributed by atoms with E-state index in [1.807, 2.05) is 0 Å². The van der Waals surface area contributed by atoms with Crippen LogP contribution in [-0.2, 0) is 24.0 Å². The second kappa shape index (κ2) is 9.55. The lowest BCUT2D eigenvalue weighted by molar-refractivity contribution is -0.159. The molecule has 2 rings (SSSR count). The van der Waals surface area contributed by atoms with Gasteiger partial charge < -0.3 is 15.3 Å². The Morgan fingerprint density at radius 1 is 0.960 bits per heavy atom. The van der Waals surface area contributed by atoms with Crippen molar-refractivity contribution in [2.45, 2.75) is 38.5 Å². The van der Waals surface area contributed by atoms with Gasteiger partial charge in [-0.25, -0.2) is 0 Å². The SMILES string of the molecule is O=C(O)CC(C(=O)O)C(=O)O.O=C1C=CC(=O)N1CC1CCCCC1. The third-order valence-corrected chi connectivity index (χ3v) is 4.04. The third kappa shape index (κ3) is 6.74. The van der Waals surface area contributed by atoms with E-state index in [1.165, 1.54) is 36.3 Å². The number of carbonyl (C=O) groups excluding carboxylic acids is 2. The Hall–Kier alpha value is -2.71.